The molecule has 0 bridgehead atoms. The lowest BCUT2D eigenvalue weighted by molar-refractivity contribution is -0.245. The van der Waals surface area contributed by atoms with Gasteiger partial charge >= 0.3 is 0 Å². The molecule has 4 aromatic rings. The number of ether oxygens (including phenoxy) is 2. The van der Waals surface area contributed by atoms with Crippen LogP contribution in [0.4, 0.5) is 11.4 Å². The molecule has 42 heavy (non-hydrogen) atoms. The monoisotopic (exact) mass is 604 g/mol. The number of hydrogen-bond acceptors (Lipinski definition) is 7. The molecule has 10 heteroatoms. The Kier molecular flexibility index (Phi) is 9.61. The molecule has 0 unspecified atom stereocenters. The Hall–Kier alpha value is -3.67. The molecule has 0 radical (unpaired) electrons. The van der Waals surface area contributed by atoms with Crippen LogP contribution in [0.25, 0.3) is 0 Å². The zero-order valence-electron chi connectivity index (χ0n) is 23.0. The van der Waals surface area contributed by atoms with Gasteiger partial charge in [-0.25, -0.2) is 8.42 Å². The zero-order chi connectivity index (χ0) is 29.5. The second kappa shape index (κ2) is 13.5. The molecule has 3 N–H and O–H groups in total. The first kappa shape index (κ1) is 29.8. The van der Waals surface area contributed by atoms with E-state index in [9.17, 15) is 18.3 Å². The number of rotatable bonds is 10. The van der Waals surface area contributed by atoms with E-state index in [-0.39, 0.29) is 29.6 Å². The van der Waals surface area contributed by atoms with Crippen molar-refractivity contribution in [2.45, 2.75) is 48.2 Å². The lowest BCUT2D eigenvalue weighted by Gasteiger charge is -2.36. The van der Waals surface area contributed by atoms with E-state index in [2.05, 4.69) is 10.0 Å². The summed E-state index contributed by atoms with van der Waals surface area (Å²) >= 11 is 1.66. The van der Waals surface area contributed by atoms with Crippen LogP contribution in [0.3, 0.4) is 0 Å². The van der Waals surface area contributed by atoms with Crippen LogP contribution in [-0.2, 0) is 30.9 Å². The molecule has 4 aromatic carbocycles. The van der Waals surface area contributed by atoms with Crippen molar-refractivity contribution in [3.8, 4) is 0 Å². The number of aliphatic hydroxyl groups is 1. The quantitative estimate of drug-likeness (QED) is 0.183. The fraction of sp³-hybridized carbons (Fsp3) is 0.219. The van der Waals surface area contributed by atoms with Gasteiger partial charge < -0.3 is 19.9 Å². The molecule has 0 saturated carbocycles. The average Bonchev–Trinajstić information content (AvgIpc) is 3.01. The van der Waals surface area contributed by atoms with Crippen molar-refractivity contribution in [3.05, 3.63) is 120 Å². The first-order chi connectivity index (χ1) is 20.3. The number of amides is 1. The van der Waals surface area contributed by atoms with Crippen molar-refractivity contribution >= 4 is 39.1 Å². The maximum Gasteiger partial charge on any atom is 0.261 e. The molecule has 1 fully saturated rings. The third-order valence-electron chi connectivity index (χ3n) is 6.71. The third kappa shape index (κ3) is 7.78. The molecule has 0 aliphatic carbocycles. The molecule has 1 aliphatic heterocycles. The van der Waals surface area contributed by atoms with Gasteiger partial charge in [-0.15, -0.1) is 11.8 Å². The van der Waals surface area contributed by atoms with E-state index in [1.165, 1.54) is 6.92 Å². The van der Waals surface area contributed by atoms with Crippen LogP contribution in [0.1, 0.15) is 42.4 Å². The SMILES string of the molecule is CC(=O)Nc1ccc(SC[C@@H]2C[C@H](c3ccc(CO)cc3)O[C@H](c3ccc(NS(=O)(=O)c4ccccc4)cc3)O2)cc1. The number of sulfonamides is 1. The number of hydrogen-bond donors (Lipinski definition) is 3. The normalized spacial score (nSPS) is 18.8. The molecule has 1 aliphatic rings. The summed E-state index contributed by atoms with van der Waals surface area (Å²) < 4.78 is 40.9. The highest BCUT2D eigenvalue weighted by molar-refractivity contribution is 7.99. The number of anilines is 2. The van der Waals surface area contributed by atoms with Gasteiger partial charge in [-0.3, -0.25) is 9.52 Å². The van der Waals surface area contributed by atoms with Crippen LogP contribution in [0.5, 0.6) is 0 Å². The molecule has 1 amide bonds. The van der Waals surface area contributed by atoms with E-state index in [4.69, 9.17) is 9.47 Å². The van der Waals surface area contributed by atoms with Crippen LogP contribution in [0.2, 0.25) is 0 Å². The topological polar surface area (TPSA) is 114 Å². The second-order valence-electron chi connectivity index (χ2n) is 9.91. The Morgan fingerprint density at radius 1 is 0.857 bits per heavy atom. The molecule has 5 rings (SSSR count). The van der Waals surface area contributed by atoms with E-state index in [1.807, 2.05) is 48.5 Å². The fourth-order valence-corrected chi connectivity index (χ4v) is 6.57. The second-order valence-corrected chi connectivity index (χ2v) is 12.7. The van der Waals surface area contributed by atoms with Crippen molar-refractivity contribution in [2.24, 2.45) is 0 Å². The molecular weight excluding hydrogens is 572 g/mol. The van der Waals surface area contributed by atoms with Crippen LogP contribution in [-0.4, -0.2) is 31.3 Å². The van der Waals surface area contributed by atoms with Crippen LogP contribution < -0.4 is 10.0 Å². The minimum Gasteiger partial charge on any atom is -0.392 e. The number of aliphatic hydroxyl groups excluding tert-OH is 1. The predicted molar refractivity (Wildman–Crippen MR) is 164 cm³/mol. The Morgan fingerprint density at radius 3 is 2.14 bits per heavy atom. The van der Waals surface area contributed by atoms with Gasteiger partial charge in [0, 0.05) is 40.9 Å². The molecule has 218 valence electrons. The Morgan fingerprint density at radius 2 is 1.50 bits per heavy atom. The van der Waals surface area contributed by atoms with E-state index in [0.717, 1.165) is 27.3 Å². The minimum absolute atomic E-state index is 0.0299. The average molecular weight is 605 g/mol. The predicted octanol–water partition coefficient (Wildman–Crippen LogP) is 6.28. The number of carbonyl (C=O) groups excluding carboxylic acids is 1. The van der Waals surface area contributed by atoms with Crippen molar-refractivity contribution in [1.82, 2.24) is 0 Å². The largest absolute Gasteiger partial charge is 0.392 e. The fourth-order valence-electron chi connectivity index (χ4n) is 4.57. The minimum atomic E-state index is -3.71. The molecule has 0 aromatic heterocycles. The first-order valence-corrected chi connectivity index (χ1v) is 15.9. The highest BCUT2D eigenvalue weighted by atomic mass is 32.2. The molecule has 1 saturated heterocycles. The summed E-state index contributed by atoms with van der Waals surface area (Å²) in [4.78, 5) is 12.6. The first-order valence-electron chi connectivity index (χ1n) is 13.5. The van der Waals surface area contributed by atoms with E-state index in [1.54, 1.807) is 66.4 Å². The molecule has 1 heterocycles. The number of nitrogens with one attached hydrogen (secondary N) is 2. The number of thioether (sulfide) groups is 1. The number of benzene rings is 4. The van der Waals surface area contributed by atoms with Crippen LogP contribution >= 0.6 is 11.8 Å². The van der Waals surface area contributed by atoms with Gasteiger partial charge in [-0.1, -0.05) is 54.6 Å². The van der Waals surface area contributed by atoms with E-state index in [0.29, 0.717) is 17.9 Å². The van der Waals surface area contributed by atoms with Gasteiger partial charge in [0.15, 0.2) is 6.29 Å². The Balaban J connectivity index is 1.31. The number of carbonyl (C=O) groups is 1. The van der Waals surface area contributed by atoms with Crippen molar-refractivity contribution in [3.63, 3.8) is 0 Å². The van der Waals surface area contributed by atoms with Crippen molar-refractivity contribution in [2.75, 3.05) is 15.8 Å². The van der Waals surface area contributed by atoms with Gasteiger partial charge in [-0.05, 0) is 59.7 Å². The summed E-state index contributed by atoms with van der Waals surface area (Å²) in [6, 6.07) is 30.6. The van der Waals surface area contributed by atoms with Crippen molar-refractivity contribution in [1.29, 1.82) is 0 Å². The lowest BCUT2D eigenvalue weighted by Crippen LogP contribution is -2.31. The van der Waals surface area contributed by atoms with Gasteiger partial charge in [0.25, 0.3) is 10.0 Å². The Bertz CT molecular complexity index is 1580. The van der Waals surface area contributed by atoms with Gasteiger partial charge in [-0.2, -0.15) is 0 Å². The van der Waals surface area contributed by atoms with Gasteiger partial charge in [0.2, 0.25) is 5.91 Å². The standard InChI is InChI=1S/C32H32N2O6S2/c1-22(36)33-26-15-17-29(18-16-26)41-21-28-19-31(24-9-7-23(20-35)8-10-24)40-32(39-28)25-11-13-27(14-12-25)34-42(37,38)30-5-3-2-4-6-30/h2-18,28,31-32,34-35H,19-21H2,1H3,(H,33,36)/t28-,31+,32+/m0/s1. The molecular formula is C32H32N2O6S2. The maximum atomic E-state index is 12.7. The summed E-state index contributed by atoms with van der Waals surface area (Å²) in [5.41, 5.74) is 3.76. The summed E-state index contributed by atoms with van der Waals surface area (Å²) in [6.07, 6.45) is -0.391. The smallest absolute Gasteiger partial charge is 0.261 e. The molecule has 3 atom stereocenters. The highest BCUT2D eigenvalue weighted by Gasteiger charge is 2.32. The summed E-state index contributed by atoms with van der Waals surface area (Å²) in [5.74, 6) is 0.566. The molecule has 0 spiro atoms. The van der Waals surface area contributed by atoms with E-state index >= 15 is 0 Å². The van der Waals surface area contributed by atoms with Gasteiger partial charge in [0.1, 0.15) is 0 Å². The summed E-state index contributed by atoms with van der Waals surface area (Å²) in [7, 11) is -3.71. The Labute approximate surface area is 250 Å². The highest BCUT2D eigenvalue weighted by Crippen LogP contribution is 2.39. The van der Waals surface area contributed by atoms with Crippen LogP contribution in [0.15, 0.2) is 113 Å². The van der Waals surface area contributed by atoms with Gasteiger partial charge in [0.05, 0.1) is 23.7 Å². The van der Waals surface area contributed by atoms with Crippen LogP contribution in [0, 0.1) is 0 Å². The van der Waals surface area contributed by atoms with Crippen molar-refractivity contribution < 1.29 is 27.8 Å². The summed E-state index contributed by atoms with van der Waals surface area (Å²) in [6.45, 7) is 1.45. The zero-order valence-corrected chi connectivity index (χ0v) is 24.6. The van der Waals surface area contributed by atoms with E-state index < -0.39 is 16.3 Å². The summed E-state index contributed by atoms with van der Waals surface area (Å²) in [5, 5.41) is 12.2. The molecule has 8 nitrogen and oxygen atoms in total. The third-order valence-corrected chi connectivity index (χ3v) is 9.26. The maximum absolute atomic E-state index is 12.7. The lowest BCUT2D eigenvalue weighted by atomic mass is 10.0.